The summed E-state index contributed by atoms with van der Waals surface area (Å²) in [6, 6.07) is 0.268. The van der Waals surface area contributed by atoms with E-state index in [9.17, 15) is 0 Å². The summed E-state index contributed by atoms with van der Waals surface area (Å²) in [6.45, 7) is 6.11. The van der Waals surface area contributed by atoms with Crippen molar-refractivity contribution in [3.8, 4) is 6.01 Å². The fourth-order valence-corrected chi connectivity index (χ4v) is 1.02. The van der Waals surface area contributed by atoms with Gasteiger partial charge in [-0.1, -0.05) is 13.8 Å². The molecule has 6 heteroatoms. The molecular weight excluding hydrogens is 228 g/mol. The summed E-state index contributed by atoms with van der Waals surface area (Å²) < 4.78 is 5.57. The van der Waals surface area contributed by atoms with Crippen LogP contribution in [0.25, 0.3) is 0 Å². The number of hydrogen-bond donors (Lipinski definition) is 0. The van der Waals surface area contributed by atoms with Gasteiger partial charge >= 0.3 is 6.01 Å². The molecule has 0 saturated heterocycles. The second-order valence-corrected chi connectivity index (χ2v) is 4.49. The van der Waals surface area contributed by atoms with E-state index in [1.165, 1.54) is 0 Å². The van der Waals surface area contributed by atoms with Gasteiger partial charge < -0.3 is 9.64 Å². The first kappa shape index (κ1) is 13.0. The van der Waals surface area contributed by atoms with Crippen molar-refractivity contribution >= 4 is 17.5 Å². The molecule has 1 unspecified atom stereocenters. The van der Waals surface area contributed by atoms with Crippen molar-refractivity contribution < 1.29 is 4.74 Å². The smallest absolute Gasteiger partial charge is 0.322 e. The average Bonchev–Trinajstić information content (AvgIpc) is 2.16. The zero-order valence-electron chi connectivity index (χ0n) is 10.2. The highest BCUT2D eigenvalue weighted by atomic mass is 35.5. The lowest BCUT2D eigenvalue weighted by Crippen LogP contribution is -2.21. The van der Waals surface area contributed by atoms with Crippen molar-refractivity contribution in [2.45, 2.75) is 26.9 Å². The lowest BCUT2D eigenvalue weighted by Gasteiger charge is -2.17. The first-order chi connectivity index (χ1) is 7.40. The van der Waals surface area contributed by atoms with E-state index in [-0.39, 0.29) is 17.4 Å². The van der Waals surface area contributed by atoms with Crippen LogP contribution in [0.1, 0.15) is 20.8 Å². The lowest BCUT2D eigenvalue weighted by molar-refractivity contribution is 0.155. The maximum absolute atomic E-state index is 5.79. The van der Waals surface area contributed by atoms with Gasteiger partial charge in [0.2, 0.25) is 11.2 Å². The number of hydrogen-bond acceptors (Lipinski definition) is 5. The molecule has 0 bridgehead atoms. The molecule has 90 valence electrons. The minimum atomic E-state index is 0.0356. The Hall–Kier alpha value is -1.10. The van der Waals surface area contributed by atoms with Crippen LogP contribution >= 0.6 is 11.6 Å². The predicted octanol–water partition coefficient (Wildman–Crippen LogP) is 2.01. The Morgan fingerprint density at radius 1 is 1.12 bits per heavy atom. The Kier molecular flexibility index (Phi) is 4.29. The standard InChI is InChI=1S/C10H17ClN4O/c1-6(2)7(3)16-10-13-8(11)12-9(14-10)15(4)5/h6-7H,1-5H3. The molecule has 0 aromatic carbocycles. The molecule has 5 nitrogen and oxygen atoms in total. The molecule has 0 N–H and O–H groups in total. The molecule has 1 aromatic heterocycles. The lowest BCUT2D eigenvalue weighted by atomic mass is 10.1. The van der Waals surface area contributed by atoms with E-state index in [1.54, 1.807) is 4.90 Å². The Balaban J connectivity index is 2.88. The fourth-order valence-electron chi connectivity index (χ4n) is 0.877. The highest BCUT2D eigenvalue weighted by molar-refractivity contribution is 6.28. The third kappa shape index (κ3) is 3.48. The molecule has 0 aliphatic heterocycles. The van der Waals surface area contributed by atoms with Gasteiger partial charge in [0.05, 0.1) is 0 Å². The van der Waals surface area contributed by atoms with Gasteiger partial charge in [0, 0.05) is 14.1 Å². The predicted molar refractivity (Wildman–Crippen MR) is 64.1 cm³/mol. The number of nitrogens with zero attached hydrogens (tertiary/aromatic N) is 4. The quantitative estimate of drug-likeness (QED) is 0.811. The van der Waals surface area contributed by atoms with Crippen molar-refractivity contribution in [2.75, 3.05) is 19.0 Å². The van der Waals surface area contributed by atoms with Crippen LogP contribution in [-0.4, -0.2) is 35.2 Å². The van der Waals surface area contributed by atoms with Crippen molar-refractivity contribution in [3.63, 3.8) is 0 Å². The Morgan fingerprint density at radius 3 is 2.25 bits per heavy atom. The van der Waals surface area contributed by atoms with E-state index in [0.29, 0.717) is 11.9 Å². The maximum Gasteiger partial charge on any atom is 0.322 e. The molecule has 1 atom stereocenters. The third-order valence-electron chi connectivity index (χ3n) is 2.21. The molecule has 16 heavy (non-hydrogen) atoms. The SMILES string of the molecule is CC(C)C(C)Oc1nc(Cl)nc(N(C)C)n1. The van der Waals surface area contributed by atoms with E-state index in [2.05, 4.69) is 28.8 Å². The van der Waals surface area contributed by atoms with Gasteiger partial charge in [0.25, 0.3) is 0 Å². The van der Waals surface area contributed by atoms with E-state index in [1.807, 2.05) is 21.0 Å². The van der Waals surface area contributed by atoms with Crippen LogP contribution in [0.2, 0.25) is 5.28 Å². The minimum Gasteiger partial charge on any atom is -0.460 e. The van der Waals surface area contributed by atoms with Gasteiger partial charge in [0.15, 0.2) is 0 Å². The molecule has 0 aliphatic rings. The van der Waals surface area contributed by atoms with Crippen LogP contribution in [-0.2, 0) is 0 Å². The van der Waals surface area contributed by atoms with Crippen molar-refractivity contribution in [1.82, 2.24) is 15.0 Å². The number of anilines is 1. The minimum absolute atomic E-state index is 0.0356. The zero-order chi connectivity index (χ0) is 12.3. The van der Waals surface area contributed by atoms with E-state index in [0.717, 1.165) is 0 Å². The number of halogens is 1. The number of ether oxygens (including phenoxy) is 1. The van der Waals surface area contributed by atoms with Crippen LogP contribution in [0, 0.1) is 5.92 Å². The van der Waals surface area contributed by atoms with Crippen LogP contribution < -0.4 is 9.64 Å². The van der Waals surface area contributed by atoms with Crippen LogP contribution in [0.4, 0.5) is 5.95 Å². The van der Waals surface area contributed by atoms with E-state index >= 15 is 0 Å². The van der Waals surface area contributed by atoms with Crippen LogP contribution in [0.15, 0.2) is 0 Å². The Labute approximate surface area is 101 Å². The zero-order valence-corrected chi connectivity index (χ0v) is 11.0. The van der Waals surface area contributed by atoms with Crippen molar-refractivity contribution in [1.29, 1.82) is 0 Å². The molecule has 0 spiro atoms. The fraction of sp³-hybridized carbons (Fsp3) is 0.700. The third-order valence-corrected chi connectivity index (χ3v) is 2.37. The molecule has 1 aromatic rings. The normalized spacial score (nSPS) is 12.7. The summed E-state index contributed by atoms with van der Waals surface area (Å²) in [5, 5.41) is 0.143. The average molecular weight is 245 g/mol. The highest BCUT2D eigenvalue weighted by Gasteiger charge is 2.13. The number of rotatable bonds is 4. The summed E-state index contributed by atoms with van der Waals surface area (Å²) in [7, 11) is 3.67. The molecule has 0 amide bonds. The highest BCUT2D eigenvalue weighted by Crippen LogP contribution is 2.16. The second-order valence-electron chi connectivity index (χ2n) is 4.15. The monoisotopic (exact) mass is 244 g/mol. The summed E-state index contributed by atoms with van der Waals surface area (Å²) in [6.07, 6.45) is 0.0356. The maximum atomic E-state index is 5.79. The van der Waals surface area contributed by atoms with Crippen LogP contribution in [0.3, 0.4) is 0 Å². The van der Waals surface area contributed by atoms with Gasteiger partial charge in [0.1, 0.15) is 6.10 Å². The van der Waals surface area contributed by atoms with Gasteiger partial charge in [-0.15, -0.1) is 0 Å². The molecular formula is C10H17ClN4O. The van der Waals surface area contributed by atoms with Crippen LogP contribution in [0.5, 0.6) is 6.01 Å². The van der Waals surface area contributed by atoms with E-state index < -0.39 is 0 Å². The van der Waals surface area contributed by atoms with Crippen molar-refractivity contribution in [3.05, 3.63) is 5.28 Å². The summed E-state index contributed by atoms with van der Waals surface area (Å²) >= 11 is 5.79. The van der Waals surface area contributed by atoms with Gasteiger partial charge in [-0.3, -0.25) is 0 Å². The molecule has 1 rings (SSSR count). The summed E-state index contributed by atoms with van der Waals surface area (Å²) in [4.78, 5) is 13.8. The molecule has 1 heterocycles. The summed E-state index contributed by atoms with van der Waals surface area (Å²) in [5.74, 6) is 0.879. The Morgan fingerprint density at radius 2 is 1.75 bits per heavy atom. The van der Waals surface area contributed by atoms with Crippen molar-refractivity contribution in [2.24, 2.45) is 5.92 Å². The van der Waals surface area contributed by atoms with Gasteiger partial charge in [-0.2, -0.15) is 15.0 Å². The molecule has 0 saturated carbocycles. The first-order valence-electron chi connectivity index (χ1n) is 5.15. The molecule has 0 fully saturated rings. The van der Waals surface area contributed by atoms with Gasteiger partial charge in [-0.25, -0.2) is 0 Å². The second kappa shape index (κ2) is 5.30. The first-order valence-corrected chi connectivity index (χ1v) is 5.53. The van der Waals surface area contributed by atoms with Gasteiger partial charge in [-0.05, 0) is 24.4 Å². The topological polar surface area (TPSA) is 51.1 Å². The number of aromatic nitrogens is 3. The largest absolute Gasteiger partial charge is 0.460 e. The summed E-state index contributed by atoms with van der Waals surface area (Å²) in [5.41, 5.74) is 0. The Bertz CT molecular complexity index is 357. The van der Waals surface area contributed by atoms with E-state index in [4.69, 9.17) is 16.3 Å². The molecule has 0 radical (unpaired) electrons. The molecule has 0 aliphatic carbocycles.